The highest BCUT2D eigenvalue weighted by atomic mass is 79.9. The van der Waals surface area contributed by atoms with Crippen molar-refractivity contribution in [2.75, 3.05) is 38.1 Å². The number of fused-ring (bicyclic) bond motifs is 3. The van der Waals surface area contributed by atoms with E-state index in [9.17, 15) is 4.39 Å². The molecule has 0 spiro atoms. The third-order valence-electron chi connectivity index (χ3n) is 4.41. The highest BCUT2D eigenvalue weighted by Gasteiger charge is 2.32. The zero-order valence-electron chi connectivity index (χ0n) is 13.6. The molecule has 5 nitrogen and oxygen atoms in total. The summed E-state index contributed by atoms with van der Waals surface area (Å²) in [5, 5.41) is 0. The molecule has 1 aromatic carbocycles. The van der Waals surface area contributed by atoms with Crippen LogP contribution in [-0.4, -0.2) is 54.7 Å². The molecule has 7 heteroatoms. The number of piperazine rings is 1. The Morgan fingerprint density at radius 1 is 1.12 bits per heavy atom. The molecule has 1 fully saturated rings. The first-order valence-electron chi connectivity index (χ1n) is 7.86. The Hall–Kier alpha value is -1.95. The van der Waals surface area contributed by atoms with Gasteiger partial charge in [0.25, 0.3) is 0 Å². The summed E-state index contributed by atoms with van der Waals surface area (Å²) in [7, 11) is 2.11. The number of amidine groups is 2. The molecule has 0 amide bonds. The van der Waals surface area contributed by atoms with Crippen LogP contribution in [0, 0.1) is 5.82 Å². The molecule has 3 aliphatic heterocycles. The molecule has 0 atom stereocenters. The van der Waals surface area contributed by atoms with Gasteiger partial charge in [0.15, 0.2) is 11.7 Å². The summed E-state index contributed by atoms with van der Waals surface area (Å²) < 4.78 is 14.4. The van der Waals surface area contributed by atoms with E-state index >= 15 is 0 Å². The highest BCUT2D eigenvalue weighted by Crippen LogP contribution is 2.38. The Bertz CT molecular complexity index is 830. The van der Waals surface area contributed by atoms with Crippen molar-refractivity contribution in [2.45, 2.75) is 6.92 Å². The molecular weight excluding hydrogens is 373 g/mol. The first-order valence-corrected chi connectivity index (χ1v) is 8.65. The molecule has 24 heavy (non-hydrogen) atoms. The average molecular weight is 390 g/mol. The van der Waals surface area contributed by atoms with Gasteiger partial charge >= 0.3 is 0 Å². The van der Waals surface area contributed by atoms with Crippen LogP contribution < -0.4 is 4.90 Å². The van der Waals surface area contributed by atoms with Gasteiger partial charge in [-0.3, -0.25) is 4.90 Å². The third kappa shape index (κ3) is 2.59. The maximum atomic E-state index is 14.0. The van der Waals surface area contributed by atoms with E-state index in [2.05, 4.69) is 43.5 Å². The molecule has 1 saturated heterocycles. The molecule has 124 valence electrons. The fourth-order valence-electron chi connectivity index (χ4n) is 3.01. The van der Waals surface area contributed by atoms with Gasteiger partial charge in [0.1, 0.15) is 5.82 Å². The Morgan fingerprint density at radius 2 is 1.88 bits per heavy atom. The van der Waals surface area contributed by atoms with Crippen LogP contribution in [0.5, 0.6) is 0 Å². The monoisotopic (exact) mass is 389 g/mol. The highest BCUT2D eigenvalue weighted by molar-refractivity contribution is 9.10. The van der Waals surface area contributed by atoms with Crippen LogP contribution in [0.25, 0.3) is 0 Å². The minimum Gasteiger partial charge on any atom is -0.351 e. The van der Waals surface area contributed by atoms with Gasteiger partial charge < -0.3 is 9.80 Å². The van der Waals surface area contributed by atoms with Crippen LogP contribution in [0.4, 0.5) is 15.8 Å². The smallest absolute Gasteiger partial charge is 0.182 e. The molecule has 1 aromatic rings. The Balaban J connectivity index is 1.84. The van der Waals surface area contributed by atoms with Crippen LogP contribution >= 0.6 is 15.9 Å². The van der Waals surface area contributed by atoms with E-state index in [0.717, 1.165) is 49.2 Å². The minimum atomic E-state index is -0.316. The molecule has 0 unspecified atom stereocenters. The van der Waals surface area contributed by atoms with Gasteiger partial charge in [0, 0.05) is 32.2 Å². The van der Waals surface area contributed by atoms with Gasteiger partial charge in [0.2, 0.25) is 0 Å². The molecule has 0 radical (unpaired) electrons. The third-order valence-corrected chi connectivity index (χ3v) is 5.02. The second-order valence-electron chi connectivity index (χ2n) is 6.15. The van der Waals surface area contributed by atoms with Crippen LogP contribution in [0.2, 0.25) is 0 Å². The van der Waals surface area contributed by atoms with E-state index in [-0.39, 0.29) is 5.82 Å². The summed E-state index contributed by atoms with van der Waals surface area (Å²) in [6.07, 6.45) is 1.85. The number of likely N-dealkylation sites (N-methyl/N-ethyl adjacent to an activating group) is 1. The van der Waals surface area contributed by atoms with Crippen molar-refractivity contribution in [3.8, 4) is 0 Å². The quantitative estimate of drug-likeness (QED) is 0.639. The number of rotatable bonds is 0. The summed E-state index contributed by atoms with van der Waals surface area (Å²) in [6.45, 7) is 5.61. The maximum Gasteiger partial charge on any atom is 0.182 e. The van der Waals surface area contributed by atoms with Gasteiger partial charge in [0.05, 0.1) is 27.7 Å². The van der Waals surface area contributed by atoms with Crippen molar-refractivity contribution in [2.24, 2.45) is 9.98 Å². The van der Waals surface area contributed by atoms with E-state index in [0.29, 0.717) is 10.2 Å². The van der Waals surface area contributed by atoms with Crippen LogP contribution in [0.3, 0.4) is 0 Å². The number of nitrogens with zero attached hydrogens (tertiary/aromatic N) is 5. The minimum absolute atomic E-state index is 0.316. The van der Waals surface area contributed by atoms with E-state index in [1.165, 1.54) is 6.07 Å². The molecule has 0 saturated carbocycles. The number of halogens is 2. The van der Waals surface area contributed by atoms with E-state index < -0.39 is 0 Å². The van der Waals surface area contributed by atoms with Crippen molar-refractivity contribution in [3.63, 3.8) is 0 Å². The molecule has 0 aliphatic carbocycles. The molecule has 0 N–H and O–H groups in total. The van der Waals surface area contributed by atoms with Crippen molar-refractivity contribution < 1.29 is 4.39 Å². The largest absolute Gasteiger partial charge is 0.351 e. The average Bonchev–Trinajstić information content (AvgIpc) is 2.56. The number of benzene rings is 1. The number of anilines is 1. The van der Waals surface area contributed by atoms with Gasteiger partial charge in [-0.2, -0.15) is 0 Å². The first kappa shape index (κ1) is 15.6. The molecule has 0 aromatic heterocycles. The van der Waals surface area contributed by atoms with Crippen LogP contribution in [0.15, 0.2) is 44.2 Å². The lowest BCUT2D eigenvalue weighted by atomic mass is 10.1. The second kappa shape index (κ2) is 5.84. The fraction of sp³-hybridized carbons (Fsp3) is 0.353. The maximum absolute atomic E-state index is 14.0. The zero-order valence-corrected chi connectivity index (χ0v) is 15.1. The standard InChI is InChI=1S/C17H17BrFN5/c1-11-3-4-24-15-9-12(18)13(19)10-14(15)21-16(17(24)20-11)23-7-5-22(2)6-8-23/h4,9-10H,5-8H2,1-2H3. The van der Waals surface area contributed by atoms with Gasteiger partial charge in [-0.05, 0) is 36.0 Å². The second-order valence-corrected chi connectivity index (χ2v) is 7.00. The summed E-state index contributed by atoms with van der Waals surface area (Å²) in [5.41, 5.74) is 5.36. The summed E-state index contributed by atoms with van der Waals surface area (Å²) in [5.74, 6) is 1.26. The topological polar surface area (TPSA) is 34.4 Å². The Labute approximate surface area is 148 Å². The first-order chi connectivity index (χ1) is 11.5. The molecule has 0 bridgehead atoms. The molecule has 3 heterocycles. The number of hydrogen-bond donors (Lipinski definition) is 0. The van der Waals surface area contributed by atoms with Gasteiger partial charge in [-0.1, -0.05) is 5.73 Å². The van der Waals surface area contributed by atoms with Crippen LogP contribution in [-0.2, 0) is 0 Å². The lowest BCUT2D eigenvalue weighted by Crippen LogP contribution is -2.53. The predicted molar refractivity (Wildman–Crippen MR) is 97.4 cm³/mol. The number of allylic oxidation sites excluding steroid dienone is 1. The van der Waals surface area contributed by atoms with Crippen molar-refractivity contribution >= 4 is 39.0 Å². The molecule has 3 aliphatic rings. The van der Waals surface area contributed by atoms with E-state index in [4.69, 9.17) is 4.99 Å². The van der Waals surface area contributed by atoms with Crippen molar-refractivity contribution in [1.29, 1.82) is 0 Å². The predicted octanol–water partition coefficient (Wildman–Crippen LogP) is 3.11. The van der Waals surface area contributed by atoms with E-state index in [1.54, 1.807) is 6.07 Å². The molecule has 4 rings (SSSR count). The normalized spacial score (nSPS) is 20.2. The SMILES string of the molecule is CC1=C=CN2C(=N1)C(N1CCN(C)CC1)=Nc1cc(F)c(Br)cc12. The molecular formula is C17H17BrFN5. The van der Waals surface area contributed by atoms with Gasteiger partial charge in [-0.25, -0.2) is 14.4 Å². The summed E-state index contributed by atoms with van der Waals surface area (Å²) >= 11 is 3.26. The lowest BCUT2D eigenvalue weighted by Gasteiger charge is -2.39. The summed E-state index contributed by atoms with van der Waals surface area (Å²) in [6, 6.07) is 3.20. The number of hydrogen-bond acceptors (Lipinski definition) is 5. The van der Waals surface area contributed by atoms with Crippen molar-refractivity contribution in [1.82, 2.24) is 9.80 Å². The number of aliphatic imine (C=N–C) groups is 2. The Kier molecular flexibility index (Phi) is 3.79. The zero-order chi connectivity index (χ0) is 16.8. The fourth-order valence-corrected chi connectivity index (χ4v) is 3.34. The Morgan fingerprint density at radius 3 is 2.62 bits per heavy atom. The van der Waals surface area contributed by atoms with Crippen LogP contribution in [0.1, 0.15) is 6.92 Å². The lowest BCUT2D eigenvalue weighted by molar-refractivity contribution is 0.217. The summed E-state index contributed by atoms with van der Waals surface area (Å²) in [4.78, 5) is 15.8. The van der Waals surface area contributed by atoms with E-state index in [1.807, 2.05) is 18.0 Å². The van der Waals surface area contributed by atoms with Gasteiger partial charge in [-0.15, -0.1) is 0 Å². The van der Waals surface area contributed by atoms with Crippen molar-refractivity contribution in [3.05, 3.63) is 40.1 Å².